The number of hydrogen-bond donors (Lipinski definition) is 1. The average molecular weight is 360 g/mol. The van der Waals surface area contributed by atoms with Crippen LogP contribution in [0.25, 0.3) is 0 Å². The lowest BCUT2D eigenvalue weighted by Gasteiger charge is -2.40. The standard InChI is InChI=1S/C14H17IO3/c15-12-3-1-11(2-4-12)13(16)5-7-14(8-6-13)17-9-10-18-14/h1-4,16H,5-10H2. The van der Waals surface area contributed by atoms with E-state index in [9.17, 15) is 5.11 Å². The fraction of sp³-hybridized carbons (Fsp3) is 0.571. The molecule has 3 rings (SSSR count). The van der Waals surface area contributed by atoms with Crippen molar-refractivity contribution in [1.29, 1.82) is 0 Å². The predicted molar refractivity (Wildman–Crippen MR) is 76.2 cm³/mol. The van der Waals surface area contributed by atoms with E-state index in [-0.39, 0.29) is 0 Å². The molecule has 98 valence electrons. The number of hydrogen-bond acceptors (Lipinski definition) is 3. The predicted octanol–water partition coefficient (Wildman–Crippen LogP) is 2.80. The number of benzene rings is 1. The molecule has 3 nitrogen and oxygen atoms in total. The highest BCUT2D eigenvalue weighted by molar-refractivity contribution is 14.1. The van der Waals surface area contributed by atoms with Crippen LogP contribution in [0, 0.1) is 3.57 Å². The Bertz CT molecular complexity index is 413. The van der Waals surface area contributed by atoms with Gasteiger partial charge in [-0.25, -0.2) is 0 Å². The van der Waals surface area contributed by atoms with Crippen molar-refractivity contribution < 1.29 is 14.6 Å². The highest BCUT2D eigenvalue weighted by Crippen LogP contribution is 2.44. The molecule has 1 heterocycles. The van der Waals surface area contributed by atoms with Crippen LogP contribution in [-0.4, -0.2) is 24.1 Å². The summed E-state index contributed by atoms with van der Waals surface area (Å²) in [5.74, 6) is -0.407. The summed E-state index contributed by atoms with van der Waals surface area (Å²) >= 11 is 2.28. The summed E-state index contributed by atoms with van der Waals surface area (Å²) in [6, 6.07) is 8.13. The number of rotatable bonds is 1. The minimum atomic E-state index is -0.717. The van der Waals surface area contributed by atoms with Crippen LogP contribution in [0.3, 0.4) is 0 Å². The van der Waals surface area contributed by atoms with Crippen molar-refractivity contribution in [3.63, 3.8) is 0 Å². The van der Waals surface area contributed by atoms with Gasteiger partial charge in [-0.2, -0.15) is 0 Å². The van der Waals surface area contributed by atoms with Gasteiger partial charge in [-0.15, -0.1) is 0 Å². The maximum Gasteiger partial charge on any atom is 0.168 e. The van der Waals surface area contributed by atoms with E-state index in [1.807, 2.05) is 24.3 Å². The number of ether oxygens (including phenoxy) is 2. The molecular weight excluding hydrogens is 343 g/mol. The molecular formula is C14H17IO3. The Morgan fingerprint density at radius 2 is 1.50 bits per heavy atom. The zero-order chi connectivity index (χ0) is 12.6. The van der Waals surface area contributed by atoms with Gasteiger partial charge in [0.15, 0.2) is 5.79 Å². The molecule has 1 aromatic rings. The highest BCUT2D eigenvalue weighted by atomic mass is 127. The third-order valence-corrected chi connectivity index (χ3v) is 4.75. The lowest BCUT2D eigenvalue weighted by molar-refractivity contribution is -0.204. The van der Waals surface area contributed by atoms with Gasteiger partial charge >= 0.3 is 0 Å². The zero-order valence-electron chi connectivity index (χ0n) is 10.2. The fourth-order valence-corrected chi connectivity index (χ4v) is 3.24. The van der Waals surface area contributed by atoms with Gasteiger partial charge in [0.25, 0.3) is 0 Å². The van der Waals surface area contributed by atoms with Crippen molar-refractivity contribution in [2.45, 2.75) is 37.1 Å². The molecule has 1 spiro atoms. The summed E-state index contributed by atoms with van der Waals surface area (Å²) in [4.78, 5) is 0. The lowest BCUT2D eigenvalue weighted by Crippen LogP contribution is -2.42. The van der Waals surface area contributed by atoms with E-state index in [1.165, 1.54) is 3.57 Å². The van der Waals surface area contributed by atoms with Gasteiger partial charge < -0.3 is 14.6 Å². The minimum absolute atomic E-state index is 0.407. The molecule has 0 amide bonds. The van der Waals surface area contributed by atoms with Crippen molar-refractivity contribution >= 4 is 22.6 Å². The molecule has 1 aliphatic heterocycles. The fourth-order valence-electron chi connectivity index (χ4n) is 2.88. The number of aliphatic hydroxyl groups is 1. The first kappa shape index (κ1) is 12.8. The second-order valence-electron chi connectivity index (χ2n) is 5.15. The van der Waals surface area contributed by atoms with E-state index >= 15 is 0 Å². The van der Waals surface area contributed by atoms with Gasteiger partial charge in [-0.3, -0.25) is 0 Å². The molecule has 0 unspecified atom stereocenters. The second-order valence-corrected chi connectivity index (χ2v) is 6.39. The molecule has 2 aliphatic rings. The first-order chi connectivity index (χ1) is 8.62. The molecule has 4 heteroatoms. The molecule has 18 heavy (non-hydrogen) atoms. The molecule has 2 fully saturated rings. The summed E-state index contributed by atoms with van der Waals surface area (Å²) < 4.78 is 12.6. The van der Waals surface area contributed by atoms with Crippen LogP contribution < -0.4 is 0 Å². The summed E-state index contributed by atoms with van der Waals surface area (Å²) in [6.07, 6.45) is 2.95. The molecule has 1 saturated heterocycles. The Kier molecular flexibility index (Phi) is 3.38. The molecule has 1 N–H and O–H groups in total. The van der Waals surface area contributed by atoms with Crippen molar-refractivity contribution in [1.82, 2.24) is 0 Å². The third-order valence-electron chi connectivity index (χ3n) is 4.03. The van der Waals surface area contributed by atoms with Crippen LogP contribution in [0.1, 0.15) is 31.2 Å². The zero-order valence-corrected chi connectivity index (χ0v) is 12.4. The molecule has 1 aliphatic carbocycles. The monoisotopic (exact) mass is 360 g/mol. The topological polar surface area (TPSA) is 38.7 Å². The normalized spacial score (nSPS) is 25.4. The molecule has 1 aromatic carbocycles. The van der Waals surface area contributed by atoms with E-state index in [4.69, 9.17) is 9.47 Å². The van der Waals surface area contributed by atoms with Crippen molar-refractivity contribution in [3.8, 4) is 0 Å². The van der Waals surface area contributed by atoms with E-state index in [1.54, 1.807) is 0 Å². The van der Waals surface area contributed by atoms with Crippen LogP contribution in [0.4, 0.5) is 0 Å². The first-order valence-electron chi connectivity index (χ1n) is 6.38. The summed E-state index contributed by atoms with van der Waals surface area (Å²) in [7, 11) is 0. The van der Waals surface area contributed by atoms with Crippen molar-refractivity contribution in [3.05, 3.63) is 33.4 Å². The Labute approximate surface area is 121 Å². The third kappa shape index (κ3) is 2.31. The van der Waals surface area contributed by atoms with Gasteiger partial charge in [-0.05, 0) is 53.1 Å². The van der Waals surface area contributed by atoms with Crippen LogP contribution in [0.2, 0.25) is 0 Å². The molecule has 0 atom stereocenters. The average Bonchev–Trinajstić information content (AvgIpc) is 2.83. The Balaban J connectivity index is 1.75. The Morgan fingerprint density at radius 3 is 2.06 bits per heavy atom. The van der Waals surface area contributed by atoms with E-state index in [0.717, 1.165) is 18.4 Å². The molecule has 0 aromatic heterocycles. The highest BCUT2D eigenvalue weighted by Gasteiger charge is 2.46. The molecule has 0 bridgehead atoms. The maximum absolute atomic E-state index is 10.8. The lowest BCUT2D eigenvalue weighted by atomic mass is 9.77. The largest absolute Gasteiger partial charge is 0.385 e. The first-order valence-corrected chi connectivity index (χ1v) is 7.46. The Hall–Kier alpha value is -0.170. The molecule has 1 saturated carbocycles. The van der Waals surface area contributed by atoms with E-state index < -0.39 is 11.4 Å². The van der Waals surface area contributed by atoms with Gasteiger partial charge in [0.05, 0.1) is 18.8 Å². The number of halogens is 1. The maximum atomic E-state index is 10.8. The van der Waals surface area contributed by atoms with E-state index in [2.05, 4.69) is 22.6 Å². The van der Waals surface area contributed by atoms with Crippen LogP contribution >= 0.6 is 22.6 Å². The summed E-state index contributed by atoms with van der Waals surface area (Å²) in [5.41, 5.74) is 0.293. The van der Waals surface area contributed by atoms with E-state index in [0.29, 0.717) is 26.1 Å². The minimum Gasteiger partial charge on any atom is -0.385 e. The summed E-state index contributed by atoms with van der Waals surface area (Å²) in [5, 5.41) is 10.8. The van der Waals surface area contributed by atoms with Crippen LogP contribution in [0.5, 0.6) is 0 Å². The SMILES string of the molecule is OC1(c2ccc(I)cc2)CCC2(CC1)OCCO2. The molecule has 0 radical (unpaired) electrons. The quantitative estimate of drug-likeness (QED) is 0.783. The van der Waals surface area contributed by atoms with Crippen molar-refractivity contribution in [2.24, 2.45) is 0 Å². The smallest absolute Gasteiger partial charge is 0.168 e. The van der Waals surface area contributed by atoms with Gasteiger partial charge in [0.1, 0.15) is 0 Å². The van der Waals surface area contributed by atoms with Crippen molar-refractivity contribution in [2.75, 3.05) is 13.2 Å². The Morgan fingerprint density at radius 1 is 0.944 bits per heavy atom. The summed E-state index contributed by atoms with van der Waals surface area (Å²) in [6.45, 7) is 1.37. The van der Waals surface area contributed by atoms with Crippen LogP contribution in [0.15, 0.2) is 24.3 Å². The van der Waals surface area contributed by atoms with Gasteiger partial charge in [0.2, 0.25) is 0 Å². The van der Waals surface area contributed by atoms with Gasteiger partial charge in [0, 0.05) is 16.4 Å². The van der Waals surface area contributed by atoms with Crippen LogP contribution in [-0.2, 0) is 15.1 Å². The van der Waals surface area contributed by atoms with Gasteiger partial charge in [-0.1, -0.05) is 12.1 Å². The second kappa shape index (κ2) is 4.74.